The molecule has 0 bridgehead atoms. The summed E-state index contributed by atoms with van der Waals surface area (Å²) in [6.07, 6.45) is 0. The third-order valence-corrected chi connectivity index (χ3v) is 0.705. The maximum Gasteiger partial charge on any atom is 0.715 e. The second-order valence-corrected chi connectivity index (χ2v) is 1.53. The van der Waals surface area contributed by atoms with E-state index in [9.17, 15) is 4.57 Å². The molecule has 0 saturated carbocycles. The van der Waals surface area contributed by atoms with Crippen LogP contribution in [0.2, 0.25) is 0 Å². The number of hydrogen-bond acceptors (Lipinski definition) is 4. The molecule has 4 nitrogen and oxygen atoms in total. The van der Waals surface area contributed by atoms with Gasteiger partial charge in [0.2, 0.25) is 0 Å². The minimum Gasteiger partial charge on any atom is -0.162 e. The molecule has 0 amide bonds. The Hall–Kier alpha value is 0.499. The molecule has 0 spiro atoms. The molecule has 43 valence electrons. The fourth-order valence-electron chi connectivity index (χ4n) is 0.0430. The molecule has 1 radical (unpaired) electrons. The normalized spacial score (nSPS) is 9.71. The number of nitrogens with two attached hydrogens (primary N) is 1. The molecule has 0 heterocycles. The zero-order valence-corrected chi connectivity index (χ0v) is 5.70. The monoisotopic (exact) mass is 165 g/mol. The van der Waals surface area contributed by atoms with E-state index in [1.54, 1.807) is 0 Å². The molecule has 2 N–H and O–H groups in total. The first-order valence-corrected chi connectivity index (χ1v) is 2.29. The fraction of sp³-hybridized carbons (Fsp3) is 1.00. The van der Waals surface area contributed by atoms with Crippen LogP contribution in [0.5, 0.6) is 0 Å². The van der Waals surface area contributed by atoms with Crippen molar-refractivity contribution in [3.05, 3.63) is 0 Å². The Bertz CT molecular complexity index is 52.9. The maximum atomic E-state index is 9.76. The maximum absolute atomic E-state index is 9.76. The van der Waals surface area contributed by atoms with E-state index in [1.807, 2.05) is 0 Å². The fourth-order valence-corrected chi connectivity index (χ4v) is 0.129. The van der Waals surface area contributed by atoms with Crippen molar-refractivity contribution >= 4 is 8.25 Å². The van der Waals surface area contributed by atoms with Crippen molar-refractivity contribution in [2.75, 3.05) is 7.11 Å². The molecule has 0 aromatic carbocycles. The summed E-state index contributed by atoms with van der Waals surface area (Å²) in [5.41, 5.74) is 0. The van der Waals surface area contributed by atoms with Crippen LogP contribution in [-0.2, 0) is 30.8 Å². The summed E-state index contributed by atoms with van der Waals surface area (Å²) in [6.45, 7) is 0. The van der Waals surface area contributed by atoms with Crippen LogP contribution in [0.25, 0.3) is 0 Å². The molecular formula is CH5MnNO3P+. The minimum absolute atomic E-state index is 0. The molecule has 0 saturated heterocycles. The molecule has 0 aromatic rings. The van der Waals surface area contributed by atoms with Gasteiger partial charge in [0.05, 0.1) is 7.11 Å². The van der Waals surface area contributed by atoms with E-state index < -0.39 is 8.25 Å². The molecule has 0 fully saturated rings. The molecule has 1 unspecified atom stereocenters. The predicted octanol–water partition coefficient (Wildman–Crippen LogP) is 0.178. The van der Waals surface area contributed by atoms with Crippen molar-refractivity contribution in [3.8, 4) is 0 Å². The van der Waals surface area contributed by atoms with E-state index in [-0.39, 0.29) is 17.1 Å². The van der Waals surface area contributed by atoms with Gasteiger partial charge in [-0.25, -0.2) is 0 Å². The van der Waals surface area contributed by atoms with Crippen LogP contribution in [0.1, 0.15) is 0 Å². The van der Waals surface area contributed by atoms with Crippen molar-refractivity contribution in [1.29, 1.82) is 0 Å². The standard InChI is InChI=1S/CH5NO3P.Mn/c1-4-6(3)5-2;/h2H2,1H3;/q+1;. The Morgan fingerprint density at radius 2 is 2.14 bits per heavy atom. The minimum atomic E-state index is -2.05. The van der Waals surface area contributed by atoms with Gasteiger partial charge in [-0.15, -0.1) is 4.52 Å². The Balaban J connectivity index is 0. The Labute approximate surface area is 52.7 Å². The first-order chi connectivity index (χ1) is 2.81. The van der Waals surface area contributed by atoms with E-state index in [0.717, 1.165) is 0 Å². The van der Waals surface area contributed by atoms with Gasteiger partial charge in [-0.2, -0.15) is 5.90 Å². The van der Waals surface area contributed by atoms with Crippen molar-refractivity contribution in [2.24, 2.45) is 5.90 Å². The van der Waals surface area contributed by atoms with Crippen LogP contribution in [-0.4, -0.2) is 7.11 Å². The van der Waals surface area contributed by atoms with Crippen molar-refractivity contribution in [1.82, 2.24) is 0 Å². The predicted molar refractivity (Wildman–Crippen MR) is 19.9 cm³/mol. The molecular weight excluding hydrogens is 160 g/mol. The smallest absolute Gasteiger partial charge is 0.162 e. The van der Waals surface area contributed by atoms with Gasteiger partial charge in [0, 0.05) is 21.6 Å². The quantitative estimate of drug-likeness (QED) is 0.360. The summed E-state index contributed by atoms with van der Waals surface area (Å²) >= 11 is 0. The van der Waals surface area contributed by atoms with Gasteiger partial charge < -0.3 is 0 Å². The average Bonchev–Trinajstić information content (AvgIpc) is 1.65. The summed E-state index contributed by atoms with van der Waals surface area (Å²) in [4.78, 5) is 0. The first kappa shape index (κ1) is 10.5. The Morgan fingerprint density at radius 3 is 2.14 bits per heavy atom. The van der Waals surface area contributed by atoms with Crippen LogP contribution < -0.4 is 5.90 Å². The molecule has 0 aliphatic rings. The van der Waals surface area contributed by atoms with Crippen LogP contribution in [0, 0.1) is 0 Å². The van der Waals surface area contributed by atoms with E-state index >= 15 is 0 Å². The summed E-state index contributed by atoms with van der Waals surface area (Å²) in [5.74, 6) is 4.37. The molecule has 0 aliphatic heterocycles. The second kappa shape index (κ2) is 6.50. The first-order valence-electron chi connectivity index (χ1n) is 1.19. The summed E-state index contributed by atoms with van der Waals surface area (Å²) in [5, 5.41) is 0. The van der Waals surface area contributed by atoms with E-state index in [0.29, 0.717) is 0 Å². The van der Waals surface area contributed by atoms with Crippen molar-refractivity contribution in [2.45, 2.75) is 0 Å². The molecule has 7 heavy (non-hydrogen) atoms. The summed E-state index contributed by atoms with van der Waals surface area (Å²) in [7, 11) is -0.807. The average molecular weight is 165 g/mol. The SMILES string of the molecule is CO[P+](=O)ON.[Mn]. The topological polar surface area (TPSA) is 61.5 Å². The molecule has 6 heteroatoms. The van der Waals surface area contributed by atoms with Crippen LogP contribution in [0.15, 0.2) is 0 Å². The molecule has 1 atom stereocenters. The van der Waals surface area contributed by atoms with Crippen LogP contribution in [0.4, 0.5) is 0 Å². The van der Waals surface area contributed by atoms with Gasteiger partial charge in [-0.05, 0) is 4.62 Å². The van der Waals surface area contributed by atoms with Gasteiger partial charge in [0.15, 0.2) is 0 Å². The second-order valence-electron chi connectivity index (χ2n) is 0.512. The van der Waals surface area contributed by atoms with Crippen molar-refractivity contribution in [3.63, 3.8) is 0 Å². The Kier molecular flexibility index (Phi) is 9.73. The van der Waals surface area contributed by atoms with E-state index in [2.05, 4.69) is 15.0 Å². The van der Waals surface area contributed by atoms with E-state index in [1.165, 1.54) is 7.11 Å². The summed E-state index contributed by atoms with van der Waals surface area (Å²) < 4.78 is 17.5. The Morgan fingerprint density at radius 1 is 1.71 bits per heavy atom. The van der Waals surface area contributed by atoms with Crippen LogP contribution >= 0.6 is 8.25 Å². The zero-order chi connectivity index (χ0) is 4.99. The summed E-state index contributed by atoms with van der Waals surface area (Å²) in [6, 6.07) is 0. The molecule has 0 aromatic heterocycles. The van der Waals surface area contributed by atoms with Gasteiger partial charge in [0.1, 0.15) is 0 Å². The van der Waals surface area contributed by atoms with Gasteiger partial charge in [-0.1, -0.05) is 0 Å². The van der Waals surface area contributed by atoms with Gasteiger partial charge in [0.25, 0.3) is 0 Å². The third kappa shape index (κ3) is 6.50. The molecule has 0 aliphatic carbocycles. The number of rotatable bonds is 2. The number of hydrogen-bond donors (Lipinski definition) is 1. The third-order valence-electron chi connectivity index (χ3n) is 0.235. The van der Waals surface area contributed by atoms with E-state index in [4.69, 9.17) is 0 Å². The van der Waals surface area contributed by atoms with Gasteiger partial charge in [-0.3, -0.25) is 0 Å². The largest absolute Gasteiger partial charge is 0.715 e. The van der Waals surface area contributed by atoms with Gasteiger partial charge >= 0.3 is 8.25 Å². The van der Waals surface area contributed by atoms with Crippen molar-refractivity contribution < 1.29 is 30.8 Å². The zero-order valence-electron chi connectivity index (χ0n) is 3.63. The van der Waals surface area contributed by atoms with Crippen LogP contribution in [0.3, 0.4) is 0 Å². The molecule has 0 rings (SSSR count).